The average molecular weight is 275 g/mol. The zero-order valence-electron chi connectivity index (χ0n) is 12.1. The number of nitrogens with zero attached hydrogens (tertiary/aromatic N) is 3. The molecule has 6 heteroatoms. The second-order valence-corrected chi connectivity index (χ2v) is 6.25. The van der Waals surface area contributed by atoms with Gasteiger partial charge in [-0.15, -0.1) is 0 Å². The molecule has 6 nitrogen and oxygen atoms in total. The lowest BCUT2D eigenvalue weighted by atomic mass is 9.91. The van der Waals surface area contributed by atoms with Crippen molar-refractivity contribution in [3.8, 4) is 0 Å². The molecule has 1 radical (unpaired) electrons. The normalized spacial score (nSPS) is 14.8. The molecule has 0 bridgehead atoms. The Morgan fingerprint density at radius 3 is 2.70 bits per heavy atom. The van der Waals surface area contributed by atoms with Gasteiger partial charge in [0.05, 0.1) is 18.4 Å². The van der Waals surface area contributed by atoms with Gasteiger partial charge in [-0.3, -0.25) is 9.59 Å². The summed E-state index contributed by atoms with van der Waals surface area (Å²) in [4.78, 5) is 33.0. The predicted molar refractivity (Wildman–Crippen MR) is 72.6 cm³/mol. The summed E-state index contributed by atoms with van der Waals surface area (Å²) in [7, 11) is 0. The van der Waals surface area contributed by atoms with Crippen molar-refractivity contribution in [2.75, 3.05) is 6.54 Å². The second-order valence-electron chi connectivity index (χ2n) is 6.25. The summed E-state index contributed by atoms with van der Waals surface area (Å²) < 4.78 is 0. The van der Waals surface area contributed by atoms with Crippen LogP contribution in [0.3, 0.4) is 0 Å². The smallest absolute Gasteiger partial charge is 0.286 e. The molecular weight excluding hydrogens is 256 g/mol. The van der Waals surface area contributed by atoms with E-state index in [1.165, 1.54) is 0 Å². The molecule has 0 saturated heterocycles. The first-order valence-electron chi connectivity index (χ1n) is 6.61. The van der Waals surface area contributed by atoms with Crippen LogP contribution in [-0.4, -0.2) is 33.2 Å². The van der Waals surface area contributed by atoms with Crippen molar-refractivity contribution < 1.29 is 9.59 Å². The molecule has 2 rings (SSSR count). The van der Waals surface area contributed by atoms with Gasteiger partial charge in [0, 0.05) is 18.5 Å². The first-order valence-corrected chi connectivity index (χ1v) is 6.61. The molecule has 0 unspecified atom stereocenters. The number of fused-ring (bicyclic) bond motifs is 1. The minimum Gasteiger partial charge on any atom is -0.363 e. The van der Waals surface area contributed by atoms with Crippen molar-refractivity contribution in [2.24, 2.45) is 11.1 Å². The maximum absolute atomic E-state index is 12.2. The molecule has 0 spiro atoms. The van der Waals surface area contributed by atoms with Crippen LogP contribution in [0.5, 0.6) is 0 Å². The zero-order valence-corrected chi connectivity index (χ0v) is 12.1. The molecule has 1 aromatic heterocycles. The number of nitrogens with two attached hydrogens (primary N) is 1. The highest BCUT2D eigenvalue weighted by Gasteiger charge is 2.26. The Labute approximate surface area is 118 Å². The molecule has 1 aliphatic heterocycles. The van der Waals surface area contributed by atoms with Crippen molar-refractivity contribution in [3.05, 3.63) is 23.3 Å². The molecule has 0 aromatic carbocycles. The Balaban J connectivity index is 2.15. The Morgan fingerprint density at radius 1 is 1.40 bits per heavy atom. The molecule has 0 fully saturated rings. The maximum atomic E-state index is 12.2. The van der Waals surface area contributed by atoms with Gasteiger partial charge in [-0.25, -0.2) is 9.97 Å². The Bertz CT molecular complexity index is 549. The summed E-state index contributed by atoms with van der Waals surface area (Å²) >= 11 is 0. The first kappa shape index (κ1) is 14.4. The Kier molecular flexibility index (Phi) is 3.74. The number of amides is 2. The van der Waals surface area contributed by atoms with Crippen LogP contribution in [0.4, 0.5) is 0 Å². The molecule has 0 saturated carbocycles. The number of primary amides is 1. The highest BCUT2D eigenvalue weighted by molar-refractivity contribution is 5.88. The van der Waals surface area contributed by atoms with Gasteiger partial charge in [0.2, 0.25) is 11.7 Å². The average Bonchev–Trinajstić information content (AvgIpc) is 2.35. The van der Waals surface area contributed by atoms with Crippen molar-refractivity contribution in [1.29, 1.82) is 0 Å². The monoisotopic (exact) mass is 275 g/mol. The SMILES string of the molecule is CC(C)(C)CC(=O)N1CCc2[c]nc(C(N)=O)nc2C1. The van der Waals surface area contributed by atoms with E-state index in [2.05, 4.69) is 16.2 Å². The topological polar surface area (TPSA) is 89.2 Å². The van der Waals surface area contributed by atoms with Crippen LogP contribution in [0.15, 0.2) is 0 Å². The van der Waals surface area contributed by atoms with E-state index < -0.39 is 5.91 Å². The predicted octanol–water partition coefficient (Wildman–Crippen LogP) is 0.697. The molecule has 0 aliphatic carbocycles. The van der Waals surface area contributed by atoms with Gasteiger partial charge >= 0.3 is 0 Å². The lowest BCUT2D eigenvalue weighted by molar-refractivity contribution is -0.134. The van der Waals surface area contributed by atoms with E-state index in [4.69, 9.17) is 5.73 Å². The van der Waals surface area contributed by atoms with Gasteiger partial charge in [0.15, 0.2) is 0 Å². The van der Waals surface area contributed by atoms with Crippen molar-refractivity contribution >= 4 is 11.8 Å². The number of hydrogen-bond acceptors (Lipinski definition) is 4. The summed E-state index contributed by atoms with van der Waals surface area (Å²) in [6, 6.07) is 0. The molecule has 20 heavy (non-hydrogen) atoms. The molecule has 107 valence electrons. The number of carbonyl (C=O) groups is 2. The fraction of sp³-hybridized carbons (Fsp3) is 0.571. The molecular formula is C14H19N4O2. The first-order chi connectivity index (χ1) is 9.26. The maximum Gasteiger partial charge on any atom is 0.286 e. The van der Waals surface area contributed by atoms with Gasteiger partial charge in [0.25, 0.3) is 5.91 Å². The van der Waals surface area contributed by atoms with E-state index in [0.29, 0.717) is 31.6 Å². The Morgan fingerprint density at radius 2 is 2.10 bits per heavy atom. The van der Waals surface area contributed by atoms with Gasteiger partial charge in [-0.05, 0) is 11.8 Å². The van der Waals surface area contributed by atoms with Crippen LogP contribution >= 0.6 is 0 Å². The third-order valence-electron chi connectivity index (χ3n) is 3.11. The number of aromatic nitrogens is 2. The van der Waals surface area contributed by atoms with Crippen LogP contribution in [-0.2, 0) is 17.8 Å². The van der Waals surface area contributed by atoms with Gasteiger partial charge in [0.1, 0.15) is 0 Å². The quantitative estimate of drug-likeness (QED) is 0.860. The third-order valence-corrected chi connectivity index (χ3v) is 3.11. The van der Waals surface area contributed by atoms with Crippen molar-refractivity contribution in [3.63, 3.8) is 0 Å². The van der Waals surface area contributed by atoms with Gasteiger partial charge < -0.3 is 10.6 Å². The lowest BCUT2D eigenvalue weighted by Gasteiger charge is -2.30. The number of rotatable bonds is 2. The minimum absolute atomic E-state index is 0.0473. The summed E-state index contributed by atoms with van der Waals surface area (Å²) in [6.07, 6.45) is 3.94. The largest absolute Gasteiger partial charge is 0.363 e. The van der Waals surface area contributed by atoms with Crippen LogP contribution < -0.4 is 5.73 Å². The van der Waals surface area contributed by atoms with Crippen LogP contribution in [0.25, 0.3) is 0 Å². The molecule has 1 aromatic rings. The van der Waals surface area contributed by atoms with E-state index in [9.17, 15) is 9.59 Å². The summed E-state index contributed by atoms with van der Waals surface area (Å²) in [5.74, 6) is -0.626. The highest BCUT2D eigenvalue weighted by Crippen LogP contribution is 2.23. The van der Waals surface area contributed by atoms with E-state index >= 15 is 0 Å². The standard InChI is InChI=1S/C14H19N4O2/c1-14(2,3)6-11(19)18-5-4-9-7-16-13(12(15)20)17-10(9)8-18/h4-6,8H2,1-3H3,(H2,15,20). The summed E-state index contributed by atoms with van der Waals surface area (Å²) in [5.41, 5.74) is 6.64. The highest BCUT2D eigenvalue weighted by atomic mass is 16.2. The fourth-order valence-corrected chi connectivity index (χ4v) is 2.13. The van der Waals surface area contributed by atoms with E-state index in [1.54, 1.807) is 4.90 Å². The number of hydrogen-bond donors (Lipinski definition) is 1. The van der Waals surface area contributed by atoms with Crippen molar-refractivity contribution in [1.82, 2.24) is 14.9 Å². The molecule has 2 amide bonds. The minimum atomic E-state index is -0.679. The van der Waals surface area contributed by atoms with E-state index in [1.807, 2.05) is 20.8 Å². The van der Waals surface area contributed by atoms with Crippen LogP contribution in [0, 0.1) is 11.6 Å². The van der Waals surface area contributed by atoms with E-state index in [-0.39, 0.29) is 17.1 Å². The van der Waals surface area contributed by atoms with Gasteiger partial charge in [-0.1, -0.05) is 20.8 Å². The van der Waals surface area contributed by atoms with Crippen LogP contribution in [0.1, 0.15) is 49.1 Å². The van der Waals surface area contributed by atoms with Crippen molar-refractivity contribution in [2.45, 2.75) is 40.2 Å². The molecule has 1 aliphatic rings. The third kappa shape index (κ3) is 3.31. The fourth-order valence-electron chi connectivity index (χ4n) is 2.13. The summed E-state index contributed by atoms with van der Waals surface area (Å²) in [5, 5.41) is 0. The van der Waals surface area contributed by atoms with Gasteiger partial charge in [-0.2, -0.15) is 0 Å². The molecule has 2 N–H and O–H groups in total. The van der Waals surface area contributed by atoms with Crippen LogP contribution in [0.2, 0.25) is 0 Å². The zero-order chi connectivity index (χ0) is 14.9. The van der Waals surface area contributed by atoms with E-state index in [0.717, 1.165) is 5.56 Å². The number of carbonyl (C=O) groups excluding carboxylic acids is 2. The Hall–Kier alpha value is -1.98. The lowest BCUT2D eigenvalue weighted by Crippen LogP contribution is -2.38. The molecule has 2 heterocycles. The molecule has 0 atom stereocenters. The summed E-state index contributed by atoms with van der Waals surface area (Å²) in [6.45, 7) is 7.12. The second kappa shape index (κ2) is 5.19.